The average Bonchev–Trinajstić information content (AvgIpc) is 3.57. The Balaban J connectivity index is 1.49. The fourth-order valence-electron chi connectivity index (χ4n) is 4.42. The van der Waals surface area contributed by atoms with Crippen LogP contribution in [0.3, 0.4) is 0 Å². The molecule has 3 heterocycles. The molecule has 1 aliphatic carbocycles. The summed E-state index contributed by atoms with van der Waals surface area (Å²) in [5, 5.41) is 0.788. The highest BCUT2D eigenvalue weighted by Crippen LogP contribution is 2.46. The van der Waals surface area contributed by atoms with E-state index in [4.69, 9.17) is 4.74 Å². The van der Waals surface area contributed by atoms with E-state index in [1.807, 2.05) is 27.7 Å². The zero-order valence-electron chi connectivity index (χ0n) is 20.6. The molecule has 0 radical (unpaired) electrons. The number of rotatable bonds is 4. The van der Waals surface area contributed by atoms with Gasteiger partial charge in [-0.2, -0.15) is 0 Å². The van der Waals surface area contributed by atoms with Gasteiger partial charge in [-0.15, -0.1) is 0 Å². The van der Waals surface area contributed by atoms with Crippen LogP contribution in [0.25, 0.3) is 11.0 Å². The zero-order valence-corrected chi connectivity index (χ0v) is 21.4. The normalized spacial score (nSPS) is 17.1. The molecule has 0 N–H and O–H groups in total. The third-order valence-corrected chi connectivity index (χ3v) is 8.05. The minimum absolute atomic E-state index is 0.230. The van der Waals surface area contributed by atoms with Gasteiger partial charge in [-0.25, -0.2) is 27.2 Å². The van der Waals surface area contributed by atoms with Crippen molar-refractivity contribution in [3.63, 3.8) is 0 Å². The molecule has 1 amide bonds. The number of carbonyl (C=O) groups excluding carboxylic acids is 1. The van der Waals surface area contributed by atoms with Crippen molar-refractivity contribution in [3.05, 3.63) is 47.9 Å². The molecular formula is C25H31N5O4S. The molecule has 2 fully saturated rings. The zero-order chi connectivity index (χ0) is 25.0. The molecule has 2 aromatic heterocycles. The predicted octanol–water partition coefficient (Wildman–Crippen LogP) is 3.91. The van der Waals surface area contributed by atoms with Crippen LogP contribution in [0.15, 0.2) is 41.7 Å². The lowest BCUT2D eigenvalue weighted by Gasteiger charge is -2.36. The van der Waals surface area contributed by atoms with Crippen LogP contribution in [0.5, 0.6) is 0 Å². The van der Waals surface area contributed by atoms with Crippen molar-refractivity contribution in [2.24, 2.45) is 0 Å². The van der Waals surface area contributed by atoms with Crippen LogP contribution in [-0.2, 0) is 14.8 Å². The van der Waals surface area contributed by atoms with Crippen LogP contribution in [0.4, 0.5) is 10.6 Å². The molecule has 3 aromatic rings. The molecule has 0 spiro atoms. The fourth-order valence-corrected chi connectivity index (χ4v) is 5.75. The minimum atomic E-state index is -3.81. The Labute approximate surface area is 205 Å². The third kappa shape index (κ3) is 4.59. The summed E-state index contributed by atoms with van der Waals surface area (Å²) in [6.45, 7) is 9.64. The number of hydrogen-bond donors (Lipinski definition) is 0. The Morgan fingerprint density at radius 1 is 1.03 bits per heavy atom. The maximum atomic E-state index is 13.6. The first kappa shape index (κ1) is 23.6. The quantitative estimate of drug-likeness (QED) is 0.539. The van der Waals surface area contributed by atoms with Gasteiger partial charge in [0.2, 0.25) is 0 Å². The van der Waals surface area contributed by atoms with Gasteiger partial charge in [0.1, 0.15) is 17.7 Å². The number of carbonyl (C=O) groups is 1. The Kier molecular flexibility index (Phi) is 5.74. The highest BCUT2D eigenvalue weighted by Gasteiger charge is 2.34. The molecule has 1 aromatic carbocycles. The van der Waals surface area contributed by atoms with Crippen LogP contribution in [0, 0.1) is 6.92 Å². The SMILES string of the molecule is Cc1ccc(S(=O)(=O)n2cc(C3CC3)c3c(N4CCN(C(=O)OC(C)(C)C)CC4)ncnc32)cc1. The van der Waals surface area contributed by atoms with E-state index in [2.05, 4.69) is 14.9 Å². The van der Waals surface area contributed by atoms with E-state index in [0.717, 1.165) is 35.2 Å². The number of amides is 1. The predicted molar refractivity (Wildman–Crippen MR) is 133 cm³/mol. The number of benzene rings is 1. The van der Waals surface area contributed by atoms with Gasteiger partial charge in [-0.3, -0.25) is 0 Å². The van der Waals surface area contributed by atoms with E-state index in [9.17, 15) is 13.2 Å². The highest BCUT2D eigenvalue weighted by molar-refractivity contribution is 7.90. The first-order chi connectivity index (χ1) is 16.5. The second kappa shape index (κ2) is 8.51. The second-order valence-corrected chi connectivity index (χ2v) is 12.1. The van der Waals surface area contributed by atoms with Crippen LogP contribution < -0.4 is 4.90 Å². The lowest BCUT2D eigenvalue weighted by atomic mass is 10.1. The first-order valence-electron chi connectivity index (χ1n) is 12.0. The number of aromatic nitrogens is 3. The molecule has 2 aliphatic rings. The summed E-state index contributed by atoms with van der Waals surface area (Å²) in [6.07, 6.45) is 4.87. The summed E-state index contributed by atoms with van der Waals surface area (Å²) in [4.78, 5) is 25.5. The lowest BCUT2D eigenvalue weighted by Crippen LogP contribution is -2.50. The van der Waals surface area contributed by atoms with Crippen LogP contribution in [0.2, 0.25) is 0 Å². The van der Waals surface area contributed by atoms with Gasteiger partial charge in [-0.1, -0.05) is 17.7 Å². The van der Waals surface area contributed by atoms with E-state index in [1.54, 1.807) is 35.4 Å². The molecule has 0 unspecified atom stereocenters. The van der Waals surface area contributed by atoms with Gasteiger partial charge in [0, 0.05) is 32.4 Å². The summed E-state index contributed by atoms with van der Waals surface area (Å²) in [6, 6.07) is 6.85. The van der Waals surface area contributed by atoms with Gasteiger partial charge in [0.25, 0.3) is 10.0 Å². The topological polar surface area (TPSA) is 97.6 Å². The van der Waals surface area contributed by atoms with Crippen molar-refractivity contribution in [3.8, 4) is 0 Å². The second-order valence-electron chi connectivity index (χ2n) is 10.3. The summed E-state index contributed by atoms with van der Waals surface area (Å²) in [5.74, 6) is 1.03. The third-order valence-electron chi connectivity index (χ3n) is 6.39. The first-order valence-corrected chi connectivity index (χ1v) is 13.4. The molecule has 9 nitrogen and oxygen atoms in total. The van der Waals surface area contributed by atoms with E-state index in [-0.39, 0.29) is 11.0 Å². The van der Waals surface area contributed by atoms with Crippen molar-refractivity contribution >= 4 is 33.0 Å². The molecule has 1 saturated heterocycles. The molecule has 1 saturated carbocycles. The van der Waals surface area contributed by atoms with Crippen LogP contribution in [0.1, 0.15) is 50.7 Å². The minimum Gasteiger partial charge on any atom is -0.444 e. The summed E-state index contributed by atoms with van der Waals surface area (Å²) in [7, 11) is -3.81. The molecule has 10 heteroatoms. The van der Waals surface area contributed by atoms with Gasteiger partial charge in [0.15, 0.2) is 5.65 Å². The Hall–Kier alpha value is -3.14. The largest absolute Gasteiger partial charge is 0.444 e. The molecule has 0 atom stereocenters. The number of aryl methyl sites for hydroxylation is 1. The number of nitrogens with zero attached hydrogens (tertiary/aromatic N) is 5. The van der Waals surface area contributed by atoms with Crippen LogP contribution >= 0.6 is 0 Å². The number of piperazine rings is 1. The molecule has 5 rings (SSSR count). The molecule has 1 aliphatic heterocycles. The summed E-state index contributed by atoms with van der Waals surface area (Å²) < 4.78 is 34.0. The standard InChI is InChI=1S/C25H31N5O4S/c1-17-5-9-19(10-6-17)35(32,33)30-15-20(18-7-8-18)21-22(26-16-27-23(21)30)28-11-13-29(14-12-28)24(31)34-25(2,3)4/h5-6,9-10,15-16,18H,7-8,11-14H2,1-4H3. The van der Waals surface area contributed by atoms with E-state index >= 15 is 0 Å². The van der Waals surface area contributed by atoms with Crippen molar-refractivity contribution in [1.29, 1.82) is 0 Å². The number of ether oxygens (including phenoxy) is 1. The van der Waals surface area contributed by atoms with Crippen molar-refractivity contribution in [2.75, 3.05) is 31.1 Å². The monoisotopic (exact) mass is 497 g/mol. The highest BCUT2D eigenvalue weighted by atomic mass is 32.2. The fraction of sp³-hybridized carbons (Fsp3) is 0.480. The summed E-state index contributed by atoms with van der Waals surface area (Å²) >= 11 is 0. The molecule has 0 bridgehead atoms. The molecule has 35 heavy (non-hydrogen) atoms. The van der Waals surface area contributed by atoms with Crippen molar-refractivity contribution < 1.29 is 17.9 Å². The Morgan fingerprint density at radius 2 is 1.69 bits per heavy atom. The van der Waals surface area contributed by atoms with Crippen molar-refractivity contribution in [1.82, 2.24) is 18.8 Å². The van der Waals surface area contributed by atoms with Gasteiger partial charge in [-0.05, 0) is 64.2 Å². The van der Waals surface area contributed by atoms with Gasteiger partial charge >= 0.3 is 6.09 Å². The van der Waals surface area contributed by atoms with E-state index in [1.165, 1.54) is 10.3 Å². The maximum Gasteiger partial charge on any atom is 0.410 e. The van der Waals surface area contributed by atoms with Gasteiger partial charge < -0.3 is 14.5 Å². The number of anilines is 1. The van der Waals surface area contributed by atoms with Gasteiger partial charge in [0.05, 0.1) is 10.3 Å². The van der Waals surface area contributed by atoms with Crippen LogP contribution in [-0.4, -0.2) is 65.1 Å². The lowest BCUT2D eigenvalue weighted by molar-refractivity contribution is 0.0240. The molecule has 186 valence electrons. The van der Waals surface area contributed by atoms with E-state index in [0.29, 0.717) is 37.7 Å². The Morgan fingerprint density at radius 3 is 2.29 bits per heavy atom. The van der Waals surface area contributed by atoms with Crippen molar-refractivity contribution in [2.45, 2.75) is 57.0 Å². The maximum absolute atomic E-state index is 13.6. The summed E-state index contributed by atoms with van der Waals surface area (Å²) in [5.41, 5.74) is 1.82. The van der Waals surface area contributed by atoms with E-state index < -0.39 is 15.6 Å². The smallest absolute Gasteiger partial charge is 0.410 e. The molecular weight excluding hydrogens is 466 g/mol. The Bertz CT molecular complexity index is 1360. The number of fused-ring (bicyclic) bond motifs is 1. The average molecular weight is 498 g/mol. The number of hydrogen-bond acceptors (Lipinski definition) is 7.